The summed E-state index contributed by atoms with van der Waals surface area (Å²) >= 11 is 2.26. The molecule has 0 heterocycles. The Balaban J connectivity index is 1.87. The van der Waals surface area contributed by atoms with Crippen molar-refractivity contribution in [1.29, 1.82) is 0 Å². The van der Waals surface area contributed by atoms with Gasteiger partial charge < -0.3 is 10.6 Å². The van der Waals surface area contributed by atoms with E-state index in [1.165, 1.54) is 9.13 Å². The number of nitrogens with one attached hydrogen (secondary N) is 2. The fourth-order valence-electron chi connectivity index (χ4n) is 2.07. The van der Waals surface area contributed by atoms with Crippen LogP contribution in [-0.4, -0.2) is 12.5 Å². The molecule has 0 aliphatic rings. The molecule has 3 nitrogen and oxygen atoms in total. The van der Waals surface area contributed by atoms with Gasteiger partial charge in [-0.1, -0.05) is 30.3 Å². The third-order valence-corrected chi connectivity index (χ3v) is 4.00. The van der Waals surface area contributed by atoms with Gasteiger partial charge in [0.2, 0.25) is 5.91 Å². The van der Waals surface area contributed by atoms with Crippen molar-refractivity contribution in [3.8, 4) is 0 Å². The minimum absolute atomic E-state index is 0.0258. The Morgan fingerprint density at radius 1 is 1.19 bits per heavy atom. The van der Waals surface area contributed by atoms with Crippen molar-refractivity contribution in [3.05, 3.63) is 63.2 Å². The summed E-state index contributed by atoms with van der Waals surface area (Å²) in [6.07, 6.45) is 0. The first-order chi connectivity index (χ1) is 10.1. The first-order valence-electron chi connectivity index (χ1n) is 6.90. The van der Waals surface area contributed by atoms with Gasteiger partial charge in [-0.25, -0.2) is 0 Å². The molecule has 1 atom stereocenters. The molecule has 0 aliphatic carbocycles. The number of amides is 1. The average Bonchev–Trinajstić information content (AvgIpc) is 2.48. The molecule has 2 aromatic carbocycles. The van der Waals surface area contributed by atoms with Crippen LogP contribution in [0.3, 0.4) is 0 Å². The van der Waals surface area contributed by atoms with E-state index in [0.717, 1.165) is 11.3 Å². The van der Waals surface area contributed by atoms with Gasteiger partial charge in [0.1, 0.15) is 0 Å². The zero-order valence-corrected chi connectivity index (χ0v) is 14.3. The van der Waals surface area contributed by atoms with E-state index >= 15 is 0 Å². The lowest BCUT2D eigenvalue weighted by Crippen LogP contribution is -2.30. The summed E-state index contributed by atoms with van der Waals surface area (Å²) in [5.41, 5.74) is 3.12. The predicted octanol–water partition coefficient (Wildman–Crippen LogP) is 3.89. The van der Waals surface area contributed by atoms with E-state index in [-0.39, 0.29) is 11.9 Å². The van der Waals surface area contributed by atoms with Crippen LogP contribution in [0.25, 0.3) is 0 Å². The van der Waals surface area contributed by atoms with Crippen molar-refractivity contribution in [2.45, 2.75) is 19.9 Å². The molecule has 0 saturated heterocycles. The molecule has 0 radical (unpaired) electrons. The summed E-state index contributed by atoms with van der Waals surface area (Å²) < 4.78 is 1.17. The summed E-state index contributed by atoms with van der Waals surface area (Å²) in [6.45, 7) is 4.35. The maximum Gasteiger partial charge on any atom is 0.238 e. The molecule has 0 saturated carbocycles. The average molecular weight is 394 g/mol. The monoisotopic (exact) mass is 394 g/mol. The molecular weight excluding hydrogens is 375 g/mol. The molecule has 4 heteroatoms. The fourth-order valence-corrected chi connectivity index (χ4v) is 2.71. The number of carbonyl (C=O) groups is 1. The zero-order valence-electron chi connectivity index (χ0n) is 12.2. The minimum Gasteiger partial charge on any atom is -0.325 e. The molecule has 110 valence electrons. The van der Waals surface area contributed by atoms with Gasteiger partial charge in [-0.3, -0.25) is 4.79 Å². The molecule has 0 unspecified atom stereocenters. The van der Waals surface area contributed by atoms with Crippen LogP contribution in [0.15, 0.2) is 48.5 Å². The first-order valence-corrected chi connectivity index (χ1v) is 7.98. The van der Waals surface area contributed by atoms with Crippen LogP contribution in [0.5, 0.6) is 0 Å². The van der Waals surface area contributed by atoms with Gasteiger partial charge in [0.05, 0.1) is 6.54 Å². The first kappa shape index (κ1) is 16.0. The number of anilines is 1. The van der Waals surface area contributed by atoms with Crippen molar-refractivity contribution in [2.75, 3.05) is 11.9 Å². The molecule has 0 bridgehead atoms. The molecule has 2 N–H and O–H groups in total. The maximum atomic E-state index is 12.0. The quantitative estimate of drug-likeness (QED) is 0.756. The lowest BCUT2D eigenvalue weighted by atomic mass is 10.1. The van der Waals surface area contributed by atoms with E-state index in [4.69, 9.17) is 0 Å². The molecule has 2 aromatic rings. The minimum atomic E-state index is -0.0258. The predicted molar refractivity (Wildman–Crippen MR) is 95.4 cm³/mol. The van der Waals surface area contributed by atoms with Crippen LogP contribution in [0.1, 0.15) is 24.1 Å². The number of aryl methyl sites for hydroxylation is 1. The number of rotatable bonds is 5. The lowest BCUT2D eigenvalue weighted by molar-refractivity contribution is -0.115. The Morgan fingerprint density at radius 3 is 2.57 bits per heavy atom. The Morgan fingerprint density at radius 2 is 1.90 bits per heavy atom. The van der Waals surface area contributed by atoms with E-state index in [1.807, 2.05) is 37.3 Å². The summed E-state index contributed by atoms with van der Waals surface area (Å²) in [5.74, 6) is -0.0258. The number of halogens is 1. The topological polar surface area (TPSA) is 41.1 Å². The number of benzene rings is 2. The van der Waals surface area contributed by atoms with Crippen LogP contribution in [-0.2, 0) is 4.79 Å². The molecule has 21 heavy (non-hydrogen) atoms. The van der Waals surface area contributed by atoms with Gasteiger partial charge in [-0.05, 0) is 65.8 Å². The van der Waals surface area contributed by atoms with Crippen molar-refractivity contribution < 1.29 is 4.79 Å². The zero-order chi connectivity index (χ0) is 15.2. The molecule has 0 spiro atoms. The Bertz CT molecular complexity index is 613. The second kappa shape index (κ2) is 7.56. The highest BCUT2D eigenvalue weighted by atomic mass is 127. The smallest absolute Gasteiger partial charge is 0.238 e. The molecule has 0 fully saturated rings. The third kappa shape index (κ3) is 4.82. The van der Waals surface area contributed by atoms with Gasteiger partial charge in [0.25, 0.3) is 0 Å². The molecule has 0 aliphatic heterocycles. The fraction of sp³-hybridized carbons (Fsp3) is 0.235. The number of carbonyl (C=O) groups excluding carboxylic acids is 1. The Labute approximate surface area is 139 Å². The van der Waals surface area contributed by atoms with Crippen LogP contribution in [0.2, 0.25) is 0 Å². The second-order valence-electron chi connectivity index (χ2n) is 5.02. The molecule has 1 amide bonds. The largest absolute Gasteiger partial charge is 0.325 e. The summed E-state index contributed by atoms with van der Waals surface area (Å²) in [5, 5.41) is 6.18. The standard InChI is InChI=1S/C17H19IN2O/c1-12-10-15(18)8-9-16(12)20-17(21)11-19-13(2)14-6-4-3-5-7-14/h3-10,13,19H,11H2,1-2H3,(H,20,21)/t13-/m1/s1. The van der Waals surface area contributed by atoms with E-state index in [1.54, 1.807) is 0 Å². The van der Waals surface area contributed by atoms with Gasteiger partial charge >= 0.3 is 0 Å². The van der Waals surface area contributed by atoms with Crippen LogP contribution in [0, 0.1) is 10.5 Å². The van der Waals surface area contributed by atoms with Gasteiger partial charge in [0, 0.05) is 15.3 Å². The van der Waals surface area contributed by atoms with Crippen molar-refractivity contribution in [1.82, 2.24) is 5.32 Å². The Kier molecular flexibility index (Phi) is 5.76. The Hall–Kier alpha value is -1.40. The highest BCUT2D eigenvalue weighted by Crippen LogP contribution is 2.17. The van der Waals surface area contributed by atoms with Gasteiger partial charge in [0.15, 0.2) is 0 Å². The molecule has 0 aromatic heterocycles. The third-order valence-electron chi connectivity index (χ3n) is 3.33. The lowest BCUT2D eigenvalue weighted by Gasteiger charge is -2.14. The normalized spacial score (nSPS) is 12.0. The van der Waals surface area contributed by atoms with Crippen molar-refractivity contribution in [2.24, 2.45) is 0 Å². The van der Waals surface area contributed by atoms with Crippen LogP contribution >= 0.6 is 22.6 Å². The summed E-state index contributed by atoms with van der Waals surface area (Å²) in [6, 6.07) is 16.2. The molecular formula is C17H19IN2O. The number of hydrogen-bond acceptors (Lipinski definition) is 2. The van der Waals surface area contributed by atoms with Crippen LogP contribution < -0.4 is 10.6 Å². The molecule has 2 rings (SSSR count). The highest BCUT2D eigenvalue weighted by molar-refractivity contribution is 14.1. The summed E-state index contributed by atoms with van der Waals surface area (Å²) in [4.78, 5) is 12.0. The van der Waals surface area contributed by atoms with E-state index in [2.05, 4.69) is 58.3 Å². The van der Waals surface area contributed by atoms with Crippen molar-refractivity contribution >= 4 is 34.2 Å². The highest BCUT2D eigenvalue weighted by Gasteiger charge is 2.08. The van der Waals surface area contributed by atoms with Crippen molar-refractivity contribution in [3.63, 3.8) is 0 Å². The van der Waals surface area contributed by atoms with E-state index < -0.39 is 0 Å². The van der Waals surface area contributed by atoms with Crippen LogP contribution in [0.4, 0.5) is 5.69 Å². The summed E-state index contributed by atoms with van der Waals surface area (Å²) in [7, 11) is 0. The maximum absolute atomic E-state index is 12.0. The van der Waals surface area contributed by atoms with E-state index in [0.29, 0.717) is 6.54 Å². The number of hydrogen-bond donors (Lipinski definition) is 2. The van der Waals surface area contributed by atoms with Gasteiger partial charge in [-0.2, -0.15) is 0 Å². The SMILES string of the molecule is Cc1cc(I)ccc1NC(=O)CN[C@H](C)c1ccccc1. The van der Waals surface area contributed by atoms with E-state index in [9.17, 15) is 4.79 Å². The van der Waals surface area contributed by atoms with Gasteiger partial charge in [-0.15, -0.1) is 0 Å². The second-order valence-corrected chi connectivity index (χ2v) is 6.27.